The van der Waals surface area contributed by atoms with Gasteiger partial charge in [-0.05, 0) is 6.07 Å². The summed E-state index contributed by atoms with van der Waals surface area (Å²) < 4.78 is 37.3. The molecular weight excluding hydrogens is 249 g/mol. The normalized spacial score (nSPS) is 11.9. The van der Waals surface area contributed by atoms with Gasteiger partial charge in [0.25, 0.3) is 0 Å². The molecule has 1 N–H and O–H groups in total. The maximum Gasteiger partial charge on any atom is 0.390 e. The third-order valence-corrected chi connectivity index (χ3v) is 2.46. The summed E-state index contributed by atoms with van der Waals surface area (Å²) in [5.41, 5.74) is 0.159. The first-order valence-electron chi connectivity index (χ1n) is 5.14. The summed E-state index contributed by atoms with van der Waals surface area (Å²) in [6.45, 7) is -0.500. The van der Waals surface area contributed by atoms with Gasteiger partial charge in [0, 0.05) is 5.39 Å². The fraction of sp³-hybridized carbons (Fsp3) is 0.273. The zero-order chi connectivity index (χ0) is 13.3. The maximum atomic E-state index is 12.1. The Morgan fingerprint density at radius 2 is 2.00 bits per heavy atom. The van der Waals surface area contributed by atoms with Crippen molar-refractivity contribution in [3.8, 4) is 0 Å². The molecule has 96 valence electrons. The number of rotatable bonds is 3. The predicted octanol–water partition coefficient (Wildman–Crippen LogP) is 2.69. The van der Waals surface area contributed by atoms with Gasteiger partial charge in [-0.2, -0.15) is 18.3 Å². The second kappa shape index (κ2) is 4.32. The molecule has 18 heavy (non-hydrogen) atoms. The zero-order valence-corrected chi connectivity index (χ0v) is 9.11. The highest BCUT2D eigenvalue weighted by molar-refractivity contribution is 6.01. The van der Waals surface area contributed by atoms with Crippen LogP contribution in [0.4, 0.5) is 13.2 Å². The van der Waals surface area contributed by atoms with Crippen molar-refractivity contribution in [2.24, 2.45) is 0 Å². The molecule has 2 rings (SSSR count). The summed E-state index contributed by atoms with van der Waals surface area (Å²) in [5, 5.41) is 13.3. The summed E-state index contributed by atoms with van der Waals surface area (Å²) in [5.74, 6) is -1.29. The summed E-state index contributed by atoms with van der Waals surface area (Å²) in [4.78, 5) is 11.1. The molecule has 0 aliphatic rings. The predicted molar refractivity (Wildman–Crippen MR) is 57.4 cm³/mol. The smallest absolute Gasteiger partial charge is 0.390 e. The minimum absolute atomic E-state index is 0.213. The van der Waals surface area contributed by atoms with E-state index >= 15 is 0 Å². The van der Waals surface area contributed by atoms with Crippen LogP contribution in [0.3, 0.4) is 0 Å². The maximum absolute atomic E-state index is 12.1. The van der Waals surface area contributed by atoms with Gasteiger partial charge in [-0.15, -0.1) is 0 Å². The number of benzene rings is 1. The fourth-order valence-corrected chi connectivity index (χ4v) is 1.70. The van der Waals surface area contributed by atoms with E-state index in [4.69, 9.17) is 5.11 Å². The number of carboxylic acids is 1. The first-order valence-corrected chi connectivity index (χ1v) is 5.14. The molecule has 0 saturated heterocycles. The second-order valence-electron chi connectivity index (χ2n) is 3.76. The third-order valence-electron chi connectivity index (χ3n) is 2.46. The monoisotopic (exact) mass is 258 g/mol. The molecule has 0 bridgehead atoms. The number of halogens is 3. The molecule has 0 unspecified atom stereocenters. The number of hydrogen-bond acceptors (Lipinski definition) is 2. The average molecular weight is 258 g/mol. The van der Waals surface area contributed by atoms with Gasteiger partial charge in [0.2, 0.25) is 0 Å². The lowest BCUT2D eigenvalue weighted by atomic mass is 10.2. The van der Waals surface area contributed by atoms with E-state index < -0.39 is 25.1 Å². The molecule has 0 aliphatic carbocycles. The Kier molecular flexibility index (Phi) is 2.98. The molecule has 7 heteroatoms. The van der Waals surface area contributed by atoms with E-state index in [2.05, 4.69) is 5.10 Å². The van der Waals surface area contributed by atoms with Crippen molar-refractivity contribution in [2.45, 2.75) is 19.1 Å². The Morgan fingerprint density at radius 3 is 2.61 bits per heavy atom. The van der Waals surface area contributed by atoms with Crippen molar-refractivity contribution >= 4 is 16.9 Å². The summed E-state index contributed by atoms with van der Waals surface area (Å²) >= 11 is 0. The number of carbonyl (C=O) groups is 1. The molecule has 0 radical (unpaired) electrons. The van der Waals surface area contributed by atoms with E-state index in [1.165, 1.54) is 6.07 Å². The van der Waals surface area contributed by atoms with E-state index in [0.29, 0.717) is 10.9 Å². The van der Waals surface area contributed by atoms with Gasteiger partial charge in [0.15, 0.2) is 5.69 Å². The number of aryl methyl sites for hydroxylation is 1. The van der Waals surface area contributed by atoms with Crippen LogP contribution in [-0.4, -0.2) is 27.0 Å². The number of aromatic carboxylic acids is 1. The second-order valence-corrected chi connectivity index (χ2v) is 3.76. The highest BCUT2D eigenvalue weighted by Crippen LogP contribution is 2.23. The summed E-state index contributed by atoms with van der Waals surface area (Å²) in [6.07, 6.45) is -5.45. The lowest BCUT2D eigenvalue weighted by Gasteiger charge is -2.07. The molecule has 0 saturated carbocycles. The fourth-order valence-electron chi connectivity index (χ4n) is 1.70. The quantitative estimate of drug-likeness (QED) is 0.920. The van der Waals surface area contributed by atoms with Gasteiger partial charge in [-0.3, -0.25) is 4.68 Å². The zero-order valence-electron chi connectivity index (χ0n) is 9.11. The van der Waals surface area contributed by atoms with Gasteiger partial charge in [0.05, 0.1) is 18.5 Å². The van der Waals surface area contributed by atoms with Crippen LogP contribution in [0.1, 0.15) is 16.9 Å². The standard InChI is InChI=1S/C11H9F3N2O2/c12-11(13,14)5-6-16-9(10(17)18)7-3-1-2-4-8(7)15-16/h1-4H,5-6H2,(H,17,18). The number of hydrogen-bond donors (Lipinski definition) is 1. The minimum atomic E-state index is -4.34. The topological polar surface area (TPSA) is 55.1 Å². The van der Waals surface area contributed by atoms with E-state index in [1.54, 1.807) is 18.2 Å². The van der Waals surface area contributed by atoms with Gasteiger partial charge in [0.1, 0.15) is 0 Å². The van der Waals surface area contributed by atoms with Crippen LogP contribution in [0.15, 0.2) is 24.3 Å². The molecule has 1 aromatic heterocycles. The first kappa shape index (κ1) is 12.4. The lowest BCUT2D eigenvalue weighted by molar-refractivity contribution is -0.137. The number of fused-ring (bicyclic) bond motifs is 1. The number of alkyl halides is 3. The van der Waals surface area contributed by atoms with Crippen molar-refractivity contribution in [1.82, 2.24) is 9.78 Å². The van der Waals surface area contributed by atoms with Gasteiger partial charge in [-0.25, -0.2) is 4.79 Å². The third kappa shape index (κ3) is 2.44. The van der Waals surface area contributed by atoms with Crippen LogP contribution < -0.4 is 0 Å². The largest absolute Gasteiger partial charge is 0.477 e. The number of aromatic nitrogens is 2. The van der Waals surface area contributed by atoms with Crippen LogP contribution >= 0.6 is 0 Å². The van der Waals surface area contributed by atoms with E-state index in [1.807, 2.05) is 0 Å². The Bertz CT molecular complexity index is 589. The summed E-state index contributed by atoms with van der Waals surface area (Å²) in [6, 6.07) is 6.35. The van der Waals surface area contributed by atoms with Crippen molar-refractivity contribution < 1.29 is 23.1 Å². The highest BCUT2D eigenvalue weighted by Gasteiger charge is 2.28. The molecule has 0 spiro atoms. The van der Waals surface area contributed by atoms with Crippen LogP contribution in [0.25, 0.3) is 10.9 Å². The highest BCUT2D eigenvalue weighted by atomic mass is 19.4. The molecule has 0 amide bonds. The van der Waals surface area contributed by atoms with Crippen LogP contribution in [0, 0.1) is 0 Å². The lowest BCUT2D eigenvalue weighted by Crippen LogP contribution is -2.16. The molecule has 2 aromatic rings. The van der Waals surface area contributed by atoms with Crippen LogP contribution in [-0.2, 0) is 6.54 Å². The van der Waals surface area contributed by atoms with E-state index in [-0.39, 0.29) is 5.69 Å². The Morgan fingerprint density at radius 1 is 1.33 bits per heavy atom. The summed E-state index contributed by atoms with van der Waals surface area (Å²) in [7, 11) is 0. The Labute approximate surface area is 99.6 Å². The molecule has 0 fully saturated rings. The van der Waals surface area contributed by atoms with Crippen molar-refractivity contribution in [3.05, 3.63) is 30.0 Å². The van der Waals surface area contributed by atoms with Crippen LogP contribution in [0.5, 0.6) is 0 Å². The molecule has 0 atom stereocenters. The Hall–Kier alpha value is -2.05. The van der Waals surface area contributed by atoms with Crippen molar-refractivity contribution in [3.63, 3.8) is 0 Å². The molecule has 1 aromatic carbocycles. The number of nitrogens with zero attached hydrogens (tertiary/aromatic N) is 2. The van der Waals surface area contributed by atoms with Crippen molar-refractivity contribution in [2.75, 3.05) is 0 Å². The number of carboxylic acid groups (broad SMARTS) is 1. The molecule has 0 aliphatic heterocycles. The van der Waals surface area contributed by atoms with Gasteiger partial charge < -0.3 is 5.11 Å². The SMILES string of the molecule is O=C(O)c1c2ccccc2nn1CCC(F)(F)F. The van der Waals surface area contributed by atoms with E-state index in [0.717, 1.165) is 4.68 Å². The molecule has 1 heterocycles. The van der Waals surface area contributed by atoms with Gasteiger partial charge in [-0.1, -0.05) is 18.2 Å². The van der Waals surface area contributed by atoms with Gasteiger partial charge >= 0.3 is 12.1 Å². The minimum Gasteiger partial charge on any atom is -0.477 e. The average Bonchev–Trinajstić information content (AvgIpc) is 2.63. The molecular formula is C11H9F3N2O2. The first-order chi connectivity index (χ1) is 8.38. The van der Waals surface area contributed by atoms with Crippen LogP contribution in [0.2, 0.25) is 0 Å². The van der Waals surface area contributed by atoms with E-state index in [9.17, 15) is 18.0 Å². The Balaban J connectivity index is 2.43. The molecule has 4 nitrogen and oxygen atoms in total. The van der Waals surface area contributed by atoms with Crippen molar-refractivity contribution in [1.29, 1.82) is 0 Å².